The van der Waals surface area contributed by atoms with Crippen molar-refractivity contribution in [3.05, 3.63) is 42.1 Å². The Kier molecular flexibility index (Phi) is 2.95. The first-order chi connectivity index (χ1) is 9.18. The SMILES string of the molecule is CC1(NC(=O)c2cccc3cccnc23)CCNC1. The molecule has 2 heterocycles. The Bertz CT molecular complexity index is 612. The zero-order chi connectivity index (χ0) is 13.3. The fraction of sp³-hybridized carbons (Fsp3) is 0.333. The lowest BCUT2D eigenvalue weighted by atomic mass is 10.0. The summed E-state index contributed by atoms with van der Waals surface area (Å²) in [6.07, 6.45) is 2.68. The van der Waals surface area contributed by atoms with Gasteiger partial charge in [-0.05, 0) is 32.0 Å². The van der Waals surface area contributed by atoms with Crippen LogP contribution in [0.25, 0.3) is 10.9 Å². The summed E-state index contributed by atoms with van der Waals surface area (Å²) in [7, 11) is 0. The number of benzene rings is 1. The molecular formula is C15H17N3O. The van der Waals surface area contributed by atoms with Crippen molar-refractivity contribution in [1.82, 2.24) is 15.6 Å². The van der Waals surface area contributed by atoms with E-state index in [1.165, 1.54) is 0 Å². The van der Waals surface area contributed by atoms with Gasteiger partial charge in [-0.2, -0.15) is 0 Å². The summed E-state index contributed by atoms with van der Waals surface area (Å²) in [6, 6.07) is 9.55. The van der Waals surface area contributed by atoms with Crippen LogP contribution >= 0.6 is 0 Å². The molecule has 1 fully saturated rings. The summed E-state index contributed by atoms with van der Waals surface area (Å²) < 4.78 is 0. The van der Waals surface area contributed by atoms with Crippen LogP contribution in [-0.4, -0.2) is 29.5 Å². The van der Waals surface area contributed by atoms with Gasteiger partial charge in [0.1, 0.15) is 0 Å². The second-order valence-electron chi connectivity index (χ2n) is 5.32. The van der Waals surface area contributed by atoms with E-state index < -0.39 is 0 Å². The molecule has 0 saturated carbocycles. The minimum atomic E-state index is -0.159. The molecule has 2 N–H and O–H groups in total. The number of hydrogen-bond acceptors (Lipinski definition) is 3. The van der Waals surface area contributed by atoms with Gasteiger partial charge in [0.25, 0.3) is 5.91 Å². The molecule has 2 aromatic rings. The van der Waals surface area contributed by atoms with Gasteiger partial charge in [0.05, 0.1) is 16.6 Å². The number of pyridine rings is 1. The average Bonchev–Trinajstić information content (AvgIpc) is 2.84. The molecule has 0 spiro atoms. The molecular weight excluding hydrogens is 238 g/mol. The van der Waals surface area contributed by atoms with Gasteiger partial charge in [-0.1, -0.05) is 18.2 Å². The van der Waals surface area contributed by atoms with E-state index >= 15 is 0 Å². The lowest BCUT2D eigenvalue weighted by Crippen LogP contribution is -2.47. The molecule has 1 aromatic heterocycles. The Morgan fingerprint density at radius 1 is 1.37 bits per heavy atom. The molecule has 1 atom stereocenters. The second kappa shape index (κ2) is 4.63. The lowest BCUT2D eigenvalue weighted by molar-refractivity contribution is 0.0914. The van der Waals surface area contributed by atoms with E-state index in [0.29, 0.717) is 5.56 Å². The predicted octanol–water partition coefficient (Wildman–Crippen LogP) is 1.72. The number of fused-ring (bicyclic) bond motifs is 1. The van der Waals surface area contributed by atoms with Crippen molar-refractivity contribution in [1.29, 1.82) is 0 Å². The summed E-state index contributed by atoms with van der Waals surface area (Å²) in [6.45, 7) is 3.84. The van der Waals surface area contributed by atoms with Crippen molar-refractivity contribution in [2.75, 3.05) is 13.1 Å². The maximum atomic E-state index is 12.4. The normalized spacial score (nSPS) is 22.6. The van der Waals surface area contributed by atoms with Crippen molar-refractivity contribution in [2.45, 2.75) is 18.9 Å². The van der Waals surface area contributed by atoms with Crippen molar-refractivity contribution < 1.29 is 4.79 Å². The minimum Gasteiger partial charge on any atom is -0.345 e. The highest BCUT2D eigenvalue weighted by Gasteiger charge is 2.30. The van der Waals surface area contributed by atoms with E-state index in [9.17, 15) is 4.79 Å². The number of nitrogens with zero attached hydrogens (tertiary/aromatic N) is 1. The number of amides is 1. The van der Waals surface area contributed by atoms with E-state index in [1.807, 2.05) is 30.3 Å². The number of hydrogen-bond donors (Lipinski definition) is 2. The van der Waals surface area contributed by atoms with Crippen molar-refractivity contribution in [3.8, 4) is 0 Å². The fourth-order valence-corrected chi connectivity index (χ4v) is 2.55. The fourth-order valence-electron chi connectivity index (χ4n) is 2.55. The van der Waals surface area contributed by atoms with Crippen molar-refractivity contribution >= 4 is 16.8 Å². The topological polar surface area (TPSA) is 54.0 Å². The molecule has 1 aliphatic rings. The number of rotatable bonds is 2. The number of carbonyl (C=O) groups excluding carboxylic acids is 1. The van der Waals surface area contributed by atoms with Crippen LogP contribution < -0.4 is 10.6 Å². The van der Waals surface area contributed by atoms with E-state index in [1.54, 1.807) is 6.20 Å². The lowest BCUT2D eigenvalue weighted by Gasteiger charge is -2.24. The van der Waals surface area contributed by atoms with Gasteiger partial charge in [0.15, 0.2) is 0 Å². The van der Waals surface area contributed by atoms with Crippen LogP contribution in [0, 0.1) is 0 Å². The molecule has 1 unspecified atom stereocenters. The number of para-hydroxylation sites is 1. The third kappa shape index (κ3) is 2.31. The number of carbonyl (C=O) groups is 1. The molecule has 1 aromatic carbocycles. The molecule has 98 valence electrons. The van der Waals surface area contributed by atoms with Crippen LogP contribution in [0.4, 0.5) is 0 Å². The summed E-state index contributed by atoms with van der Waals surface area (Å²) >= 11 is 0. The maximum absolute atomic E-state index is 12.4. The largest absolute Gasteiger partial charge is 0.345 e. The molecule has 0 bridgehead atoms. The van der Waals surface area contributed by atoms with E-state index in [-0.39, 0.29) is 11.4 Å². The van der Waals surface area contributed by atoms with Crippen LogP contribution in [0.2, 0.25) is 0 Å². The predicted molar refractivity (Wildman–Crippen MR) is 75.1 cm³/mol. The molecule has 3 rings (SSSR count). The van der Waals surface area contributed by atoms with Crippen molar-refractivity contribution in [3.63, 3.8) is 0 Å². The Balaban J connectivity index is 1.93. The van der Waals surface area contributed by atoms with Crippen LogP contribution in [0.15, 0.2) is 36.5 Å². The first-order valence-corrected chi connectivity index (χ1v) is 6.55. The smallest absolute Gasteiger partial charge is 0.253 e. The van der Waals surface area contributed by atoms with Crippen LogP contribution in [-0.2, 0) is 0 Å². The highest BCUT2D eigenvalue weighted by Crippen LogP contribution is 2.18. The zero-order valence-corrected chi connectivity index (χ0v) is 10.9. The maximum Gasteiger partial charge on any atom is 0.253 e. The highest BCUT2D eigenvalue weighted by molar-refractivity contribution is 6.05. The monoisotopic (exact) mass is 255 g/mol. The third-order valence-electron chi connectivity index (χ3n) is 3.66. The average molecular weight is 255 g/mol. The molecule has 19 heavy (non-hydrogen) atoms. The summed E-state index contributed by atoms with van der Waals surface area (Å²) in [5, 5.41) is 7.39. The molecule has 1 aliphatic heterocycles. The van der Waals surface area contributed by atoms with Crippen LogP contribution in [0.5, 0.6) is 0 Å². The third-order valence-corrected chi connectivity index (χ3v) is 3.66. The van der Waals surface area contributed by atoms with Crippen LogP contribution in [0.3, 0.4) is 0 Å². The van der Waals surface area contributed by atoms with Gasteiger partial charge >= 0.3 is 0 Å². The van der Waals surface area contributed by atoms with Gasteiger partial charge < -0.3 is 10.6 Å². The Labute approximate surface area is 112 Å². The van der Waals surface area contributed by atoms with Gasteiger partial charge in [-0.15, -0.1) is 0 Å². The summed E-state index contributed by atoms with van der Waals surface area (Å²) in [5.41, 5.74) is 1.25. The molecule has 4 nitrogen and oxygen atoms in total. The minimum absolute atomic E-state index is 0.0458. The van der Waals surface area contributed by atoms with E-state index in [0.717, 1.165) is 30.4 Å². The standard InChI is InChI=1S/C15H17N3O/c1-15(7-9-16-10-15)18-14(19)12-6-2-4-11-5-3-8-17-13(11)12/h2-6,8,16H,7,9-10H2,1H3,(H,18,19). The van der Waals surface area contributed by atoms with Gasteiger partial charge in [-0.3, -0.25) is 9.78 Å². The summed E-state index contributed by atoms with van der Waals surface area (Å²) in [4.78, 5) is 16.8. The number of aromatic nitrogens is 1. The van der Waals surface area contributed by atoms with Gasteiger partial charge in [0, 0.05) is 18.1 Å². The quantitative estimate of drug-likeness (QED) is 0.859. The van der Waals surface area contributed by atoms with Crippen LogP contribution in [0.1, 0.15) is 23.7 Å². The highest BCUT2D eigenvalue weighted by atomic mass is 16.1. The molecule has 1 saturated heterocycles. The Hall–Kier alpha value is -1.94. The zero-order valence-electron chi connectivity index (χ0n) is 10.9. The van der Waals surface area contributed by atoms with E-state index in [2.05, 4.69) is 22.5 Å². The summed E-state index contributed by atoms with van der Waals surface area (Å²) in [5.74, 6) is -0.0458. The molecule has 0 aliphatic carbocycles. The molecule has 4 heteroatoms. The number of nitrogens with one attached hydrogen (secondary N) is 2. The Morgan fingerprint density at radius 2 is 2.21 bits per heavy atom. The van der Waals surface area contributed by atoms with Gasteiger partial charge in [0.2, 0.25) is 0 Å². The molecule has 0 radical (unpaired) electrons. The van der Waals surface area contributed by atoms with Crippen molar-refractivity contribution in [2.24, 2.45) is 0 Å². The first kappa shape index (κ1) is 12.1. The van der Waals surface area contributed by atoms with E-state index in [4.69, 9.17) is 0 Å². The first-order valence-electron chi connectivity index (χ1n) is 6.55. The molecule has 1 amide bonds. The van der Waals surface area contributed by atoms with Gasteiger partial charge in [-0.25, -0.2) is 0 Å². The Morgan fingerprint density at radius 3 is 3.00 bits per heavy atom. The second-order valence-corrected chi connectivity index (χ2v) is 5.32.